The second kappa shape index (κ2) is 9.08. The highest BCUT2D eigenvalue weighted by atomic mass is 16.5. The fraction of sp³-hybridized carbons (Fsp3) is 0.444. The SMILES string of the molecule is COc1ccccc1CNc1nc(C)cc(NCCCN(C)C)n1. The van der Waals surface area contributed by atoms with Crippen molar-refractivity contribution in [2.24, 2.45) is 0 Å². The number of methoxy groups -OCH3 is 1. The zero-order valence-electron chi connectivity index (χ0n) is 15.0. The number of hydrogen-bond donors (Lipinski definition) is 2. The molecule has 6 nitrogen and oxygen atoms in total. The molecule has 0 amide bonds. The van der Waals surface area contributed by atoms with E-state index < -0.39 is 0 Å². The van der Waals surface area contributed by atoms with Crippen LogP contribution in [0.1, 0.15) is 17.7 Å². The van der Waals surface area contributed by atoms with Gasteiger partial charge >= 0.3 is 0 Å². The Balaban J connectivity index is 1.95. The van der Waals surface area contributed by atoms with Crippen LogP contribution in [0.25, 0.3) is 0 Å². The second-order valence-electron chi connectivity index (χ2n) is 5.97. The van der Waals surface area contributed by atoms with Crippen LogP contribution in [0.4, 0.5) is 11.8 Å². The van der Waals surface area contributed by atoms with Gasteiger partial charge in [-0.15, -0.1) is 0 Å². The highest BCUT2D eigenvalue weighted by Gasteiger charge is 2.05. The minimum Gasteiger partial charge on any atom is -0.496 e. The summed E-state index contributed by atoms with van der Waals surface area (Å²) < 4.78 is 5.37. The molecule has 0 aliphatic heterocycles. The number of para-hydroxylation sites is 1. The van der Waals surface area contributed by atoms with Crippen LogP contribution >= 0.6 is 0 Å². The van der Waals surface area contributed by atoms with Gasteiger partial charge in [0.05, 0.1) is 7.11 Å². The number of nitrogens with one attached hydrogen (secondary N) is 2. The molecule has 1 heterocycles. The summed E-state index contributed by atoms with van der Waals surface area (Å²) in [7, 11) is 5.83. The topological polar surface area (TPSA) is 62.3 Å². The normalized spacial score (nSPS) is 10.7. The number of rotatable bonds is 9. The van der Waals surface area contributed by atoms with Gasteiger partial charge in [-0.2, -0.15) is 4.98 Å². The largest absolute Gasteiger partial charge is 0.496 e. The van der Waals surface area contributed by atoms with Gasteiger partial charge in [-0.1, -0.05) is 18.2 Å². The van der Waals surface area contributed by atoms with Crippen molar-refractivity contribution in [1.82, 2.24) is 14.9 Å². The Morgan fingerprint density at radius 1 is 1.12 bits per heavy atom. The molecule has 24 heavy (non-hydrogen) atoms. The number of hydrogen-bond acceptors (Lipinski definition) is 6. The van der Waals surface area contributed by atoms with Crippen molar-refractivity contribution in [3.05, 3.63) is 41.6 Å². The highest BCUT2D eigenvalue weighted by molar-refractivity contribution is 5.43. The molecule has 0 saturated carbocycles. The average Bonchev–Trinajstić information content (AvgIpc) is 2.56. The number of benzene rings is 1. The molecule has 6 heteroatoms. The first-order valence-corrected chi connectivity index (χ1v) is 8.18. The lowest BCUT2D eigenvalue weighted by atomic mass is 10.2. The van der Waals surface area contributed by atoms with Crippen LogP contribution in [-0.4, -0.2) is 49.2 Å². The lowest BCUT2D eigenvalue weighted by Gasteiger charge is -2.12. The van der Waals surface area contributed by atoms with Crippen molar-refractivity contribution in [1.29, 1.82) is 0 Å². The summed E-state index contributed by atoms with van der Waals surface area (Å²) in [5.41, 5.74) is 2.01. The summed E-state index contributed by atoms with van der Waals surface area (Å²) >= 11 is 0. The molecule has 0 aliphatic rings. The molecule has 2 aromatic rings. The Morgan fingerprint density at radius 3 is 2.67 bits per heavy atom. The van der Waals surface area contributed by atoms with E-state index in [9.17, 15) is 0 Å². The molecule has 2 N–H and O–H groups in total. The molecule has 2 rings (SSSR count). The summed E-state index contributed by atoms with van der Waals surface area (Å²) in [5, 5.41) is 6.63. The maximum Gasteiger partial charge on any atom is 0.225 e. The summed E-state index contributed by atoms with van der Waals surface area (Å²) in [4.78, 5) is 11.2. The molecule has 1 aromatic carbocycles. The Morgan fingerprint density at radius 2 is 1.92 bits per heavy atom. The predicted molar refractivity (Wildman–Crippen MR) is 98.8 cm³/mol. The number of aryl methyl sites for hydroxylation is 1. The number of aromatic nitrogens is 2. The Labute approximate surface area is 144 Å². The fourth-order valence-electron chi connectivity index (χ4n) is 2.37. The van der Waals surface area contributed by atoms with Gasteiger partial charge in [-0.25, -0.2) is 4.98 Å². The van der Waals surface area contributed by atoms with E-state index in [4.69, 9.17) is 4.74 Å². The molecule has 0 saturated heterocycles. The highest BCUT2D eigenvalue weighted by Crippen LogP contribution is 2.18. The van der Waals surface area contributed by atoms with Crippen LogP contribution < -0.4 is 15.4 Å². The van der Waals surface area contributed by atoms with Crippen LogP contribution in [0.5, 0.6) is 5.75 Å². The standard InChI is InChI=1S/C18H27N5O/c1-14-12-17(19-10-7-11-23(2)3)22-18(21-14)20-13-15-8-5-6-9-16(15)24-4/h5-6,8-9,12H,7,10-11,13H2,1-4H3,(H2,19,20,21,22). The lowest BCUT2D eigenvalue weighted by molar-refractivity contribution is 0.405. The molecule has 130 valence electrons. The van der Waals surface area contributed by atoms with Crippen molar-refractivity contribution in [2.75, 3.05) is 44.9 Å². The fourth-order valence-corrected chi connectivity index (χ4v) is 2.37. The van der Waals surface area contributed by atoms with Gasteiger partial charge in [0.15, 0.2) is 0 Å². The molecule has 0 radical (unpaired) electrons. The zero-order valence-corrected chi connectivity index (χ0v) is 15.0. The first-order chi connectivity index (χ1) is 11.6. The minimum absolute atomic E-state index is 0.619. The van der Waals surface area contributed by atoms with Crippen LogP contribution in [0.15, 0.2) is 30.3 Å². The minimum atomic E-state index is 0.619. The number of ether oxygens (including phenoxy) is 1. The summed E-state index contributed by atoms with van der Waals surface area (Å²) in [6, 6.07) is 9.90. The smallest absolute Gasteiger partial charge is 0.225 e. The van der Waals surface area contributed by atoms with E-state index in [1.54, 1.807) is 7.11 Å². The third-order valence-electron chi connectivity index (χ3n) is 3.57. The quantitative estimate of drug-likeness (QED) is 0.690. The second-order valence-corrected chi connectivity index (χ2v) is 5.97. The van der Waals surface area contributed by atoms with E-state index in [1.165, 1.54) is 0 Å². The van der Waals surface area contributed by atoms with Gasteiger partial charge in [0, 0.05) is 30.4 Å². The van der Waals surface area contributed by atoms with E-state index in [0.29, 0.717) is 12.5 Å². The first-order valence-electron chi connectivity index (χ1n) is 8.18. The summed E-state index contributed by atoms with van der Waals surface area (Å²) in [6.45, 7) is 4.53. The maximum absolute atomic E-state index is 5.37. The zero-order chi connectivity index (χ0) is 17.4. The van der Waals surface area contributed by atoms with E-state index in [2.05, 4.69) is 39.6 Å². The van der Waals surface area contributed by atoms with Crippen molar-refractivity contribution in [3.8, 4) is 5.75 Å². The Kier molecular flexibility index (Phi) is 6.81. The van der Waals surface area contributed by atoms with Gasteiger partial charge in [-0.3, -0.25) is 0 Å². The van der Waals surface area contributed by atoms with Crippen LogP contribution in [-0.2, 0) is 6.54 Å². The molecule has 0 fully saturated rings. The molecule has 0 aliphatic carbocycles. The van der Waals surface area contributed by atoms with Crippen LogP contribution in [0, 0.1) is 6.92 Å². The van der Waals surface area contributed by atoms with Crippen molar-refractivity contribution in [2.45, 2.75) is 19.9 Å². The third kappa shape index (κ3) is 5.70. The summed E-state index contributed by atoms with van der Waals surface area (Å²) in [5.74, 6) is 2.33. The van der Waals surface area contributed by atoms with Gasteiger partial charge in [0.25, 0.3) is 0 Å². The van der Waals surface area contributed by atoms with E-state index in [-0.39, 0.29) is 0 Å². The third-order valence-corrected chi connectivity index (χ3v) is 3.57. The van der Waals surface area contributed by atoms with Gasteiger partial charge in [-0.05, 0) is 40.1 Å². The molecule has 1 aromatic heterocycles. The predicted octanol–water partition coefficient (Wildman–Crippen LogP) is 2.77. The van der Waals surface area contributed by atoms with Gasteiger partial charge in [0.1, 0.15) is 11.6 Å². The molecular formula is C18H27N5O. The monoisotopic (exact) mass is 329 g/mol. The Hall–Kier alpha value is -2.34. The van der Waals surface area contributed by atoms with E-state index >= 15 is 0 Å². The maximum atomic E-state index is 5.37. The van der Waals surface area contributed by atoms with Crippen molar-refractivity contribution >= 4 is 11.8 Å². The lowest BCUT2D eigenvalue weighted by Crippen LogP contribution is -2.17. The Bertz CT molecular complexity index is 645. The first kappa shape index (κ1) is 18.0. The number of anilines is 2. The van der Waals surface area contributed by atoms with Crippen LogP contribution in [0.2, 0.25) is 0 Å². The molecule has 0 atom stereocenters. The van der Waals surface area contributed by atoms with E-state index in [1.807, 2.05) is 37.3 Å². The van der Waals surface area contributed by atoms with Crippen LogP contribution in [0.3, 0.4) is 0 Å². The van der Waals surface area contributed by atoms with Crippen molar-refractivity contribution < 1.29 is 4.74 Å². The van der Waals surface area contributed by atoms with Gasteiger partial charge in [0.2, 0.25) is 5.95 Å². The van der Waals surface area contributed by atoms with E-state index in [0.717, 1.165) is 42.3 Å². The molecule has 0 spiro atoms. The molecular weight excluding hydrogens is 302 g/mol. The number of nitrogens with zero attached hydrogens (tertiary/aromatic N) is 3. The molecule has 0 unspecified atom stereocenters. The van der Waals surface area contributed by atoms with Gasteiger partial charge < -0.3 is 20.3 Å². The molecule has 0 bridgehead atoms. The van der Waals surface area contributed by atoms with Crippen molar-refractivity contribution in [3.63, 3.8) is 0 Å². The summed E-state index contributed by atoms with van der Waals surface area (Å²) in [6.07, 6.45) is 1.07. The average molecular weight is 329 g/mol.